The van der Waals surface area contributed by atoms with E-state index in [-0.39, 0.29) is 11.3 Å². The average Bonchev–Trinajstić information content (AvgIpc) is 2.15. The van der Waals surface area contributed by atoms with Crippen LogP contribution in [0.15, 0.2) is 0 Å². The van der Waals surface area contributed by atoms with Crippen molar-refractivity contribution in [3.8, 4) is 0 Å². The van der Waals surface area contributed by atoms with E-state index in [9.17, 15) is 4.79 Å². The molecule has 0 aromatic carbocycles. The Balaban J connectivity index is 2.50. The van der Waals surface area contributed by atoms with Gasteiger partial charge in [0.1, 0.15) is 0 Å². The van der Waals surface area contributed by atoms with Crippen molar-refractivity contribution < 1.29 is 4.79 Å². The van der Waals surface area contributed by atoms with Crippen molar-refractivity contribution >= 4 is 5.91 Å². The molecule has 0 radical (unpaired) electrons. The highest BCUT2D eigenvalue weighted by atomic mass is 16.2. The molecule has 0 aromatic heterocycles. The fourth-order valence-electron chi connectivity index (χ4n) is 2.47. The average molecular weight is 240 g/mol. The molecule has 100 valence electrons. The third-order valence-electron chi connectivity index (χ3n) is 3.29. The molecular weight excluding hydrogens is 212 g/mol. The summed E-state index contributed by atoms with van der Waals surface area (Å²) in [6, 6.07) is 0.331. The van der Waals surface area contributed by atoms with Gasteiger partial charge in [-0.1, -0.05) is 34.6 Å². The summed E-state index contributed by atoms with van der Waals surface area (Å²) in [4.78, 5) is 14.4. The molecule has 0 aromatic rings. The molecule has 0 spiro atoms. The zero-order chi connectivity index (χ0) is 13.1. The van der Waals surface area contributed by atoms with E-state index in [1.165, 1.54) is 13.0 Å². The molecule has 1 aliphatic rings. The van der Waals surface area contributed by atoms with Crippen LogP contribution in [0.5, 0.6) is 0 Å². The Kier molecular flexibility index (Phi) is 4.99. The van der Waals surface area contributed by atoms with Gasteiger partial charge >= 0.3 is 0 Å². The lowest BCUT2D eigenvalue weighted by molar-refractivity contribution is -0.129. The van der Waals surface area contributed by atoms with Crippen LogP contribution < -0.4 is 5.32 Å². The summed E-state index contributed by atoms with van der Waals surface area (Å²) >= 11 is 0. The first kappa shape index (κ1) is 14.5. The van der Waals surface area contributed by atoms with Crippen molar-refractivity contribution in [2.75, 3.05) is 19.6 Å². The van der Waals surface area contributed by atoms with Crippen molar-refractivity contribution in [3.05, 3.63) is 0 Å². The Morgan fingerprint density at radius 3 is 2.53 bits per heavy atom. The summed E-state index contributed by atoms with van der Waals surface area (Å²) in [5, 5.41) is 3.20. The molecule has 0 saturated carbocycles. The minimum Gasteiger partial charge on any atom is -0.352 e. The zero-order valence-corrected chi connectivity index (χ0v) is 12.0. The number of rotatable bonds is 3. The van der Waals surface area contributed by atoms with Gasteiger partial charge in [-0.3, -0.25) is 4.79 Å². The molecule has 17 heavy (non-hydrogen) atoms. The van der Waals surface area contributed by atoms with Crippen LogP contribution in [0.1, 0.15) is 47.5 Å². The van der Waals surface area contributed by atoms with Crippen LogP contribution in [-0.4, -0.2) is 36.5 Å². The van der Waals surface area contributed by atoms with Gasteiger partial charge in [0.05, 0.1) is 0 Å². The van der Waals surface area contributed by atoms with Crippen molar-refractivity contribution in [2.24, 2.45) is 11.3 Å². The molecule has 3 heteroatoms. The molecule has 1 heterocycles. The maximum absolute atomic E-state index is 12.0. The quantitative estimate of drug-likeness (QED) is 0.821. The summed E-state index contributed by atoms with van der Waals surface area (Å²) in [5.41, 5.74) is -0.281. The first-order chi connectivity index (χ1) is 7.82. The molecule has 1 rings (SSSR count). The lowest BCUT2D eigenvalue weighted by Crippen LogP contribution is -2.52. The van der Waals surface area contributed by atoms with Crippen LogP contribution in [-0.2, 0) is 4.79 Å². The van der Waals surface area contributed by atoms with Gasteiger partial charge in [-0.05, 0) is 25.3 Å². The molecule has 0 bridgehead atoms. The Morgan fingerprint density at radius 2 is 2.00 bits per heavy atom. The largest absolute Gasteiger partial charge is 0.352 e. The highest BCUT2D eigenvalue weighted by Gasteiger charge is 2.28. The minimum absolute atomic E-state index is 0.174. The molecule has 3 nitrogen and oxygen atoms in total. The number of likely N-dealkylation sites (tertiary alicyclic amines) is 1. The van der Waals surface area contributed by atoms with Gasteiger partial charge in [-0.15, -0.1) is 0 Å². The van der Waals surface area contributed by atoms with E-state index in [1.54, 1.807) is 0 Å². The topological polar surface area (TPSA) is 32.3 Å². The molecule has 1 aliphatic heterocycles. The first-order valence-corrected chi connectivity index (χ1v) is 6.86. The highest BCUT2D eigenvalue weighted by molar-refractivity contribution is 5.81. The predicted octanol–water partition coefficient (Wildman–Crippen LogP) is 2.27. The second kappa shape index (κ2) is 5.85. The second-order valence-corrected chi connectivity index (χ2v) is 6.52. The van der Waals surface area contributed by atoms with Gasteiger partial charge in [0.2, 0.25) is 5.91 Å². The van der Waals surface area contributed by atoms with Crippen LogP contribution in [0.2, 0.25) is 0 Å². The van der Waals surface area contributed by atoms with E-state index in [2.05, 4.69) is 24.1 Å². The lowest BCUT2D eigenvalue weighted by atomic mass is 9.92. The summed E-state index contributed by atoms with van der Waals surface area (Å²) in [6.07, 6.45) is 2.30. The fraction of sp³-hybridized carbons (Fsp3) is 0.929. The first-order valence-electron chi connectivity index (χ1n) is 6.86. The summed E-state index contributed by atoms with van der Waals surface area (Å²) < 4.78 is 0. The van der Waals surface area contributed by atoms with E-state index in [1.807, 2.05) is 20.8 Å². The molecule has 1 fully saturated rings. The number of amides is 1. The molecule has 1 amide bonds. The second-order valence-electron chi connectivity index (χ2n) is 6.52. The third kappa shape index (κ3) is 4.66. The van der Waals surface area contributed by atoms with Gasteiger partial charge in [-0.2, -0.15) is 0 Å². The lowest BCUT2D eigenvalue weighted by Gasteiger charge is -2.37. The monoisotopic (exact) mass is 240 g/mol. The standard InChI is InChI=1S/C14H28N2O/c1-6-7-16-9-11(2)8-12(10-16)15-13(17)14(3,4)5/h11-12H,6-10H2,1-5H3,(H,15,17). The molecule has 0 aliphatic carbocycles. The molecule has 1 saturated heterocycles. The van der Waals surface area contributed by atoms with E-state index >= 15 is 0 Å². The summed E-state index contributed by atoms with van der Waals surface area (Å²) in [7, 11) is 0. The number of hydrogen-bond donors (Lipinski definition) is 1. The third-order valence-corrected chi connectivity index (χ3v) is 3.29. The Labute approximate surface area is 106 Å². The van der Waals surface area contributed by atoms with E-state index < -0.39 is 0 Å². The van der Waals surface area contributed by atoms with Gasteiger partial charge in [0.25, 0.3) is 0 Å². The van der Waals surface area contributed by atoms with Crippen LogP contribution in [0.25, 0.3) is 0 Å². The van der Waals surface area contributed by atoms with Gasteiger partial charge in [0.15, 0.2) is 0 Å². The van der Waals surface area contributed by atoms with Crippen molar-refractivity contribution in [1.82, 2.24) is 10.2 Å². The SMILES string of the molecule is CCCN1CC(C)CC(NC(=O)C(C)(C)C)C1. The molecule has 1 N–H and O–H groups in total. The number of nitrogens with zero attached hydrogens (tertiary/aromatic N) is 1. The fourth-order valence-corrected chi connectivity index (χ4v) is 2.47. The van der Waals surface area contributed by atoms with E-state index in [4.69, 9.17) is 0 Å². The Bertz CT molecular complexity index is 257. The summed E-state index contributed by atoms with van der Waals surface area (Å²) in [5.74, 6) is 0.855. The Morgan fingerprint density at radius 1 is 1.35 bits per heavy atom. The van der Waals surface area contributed by atoms with Gasteiger partial charge < -0.3 is 10.2 Å². The highest BCUT2D eigenvalue weighted by Crippen LogP contribution is 2.19. The van der Waals surface area contributed by atoms with Crippen molar-refractivity contribution in [1.29, 1.82) is 0 Å². The number of carbonyl (C=O) groups is 1. The maximum atomic E-state index is 12.0. The number of hydrogen-bond acceptors (Lipinski definition) is 2. The smallest absolute Gasteiger partial charge is 0.225 e. The molecule has 2 unspecified atom stereocenters. The van der Waals surface area contributed by atoms with E-state index in [0.717, 1.165) is 19.5 Å². The maximum Gasteiger partial charge on any atom is 0.225 e. The van der Waals surface area contributed by atoms with Gasteiger partial charge in [0, 0.05) is 24.5 Å². The normalized spacial score (nSPS) is 26.9. The van der Waals surface area contributed by atoms with Crippen LogP contribution >= 0.6 is 0 Å². The number of piperidine rings is 1. The van der Waals surface area contributed by atoms with Crippen molar-refractivity contribution in [2.45, 2.75) is 53.5 Å². The summed E-state index contributed by atoms with van der Waals surface area (Å²) in [6.45, 7) is 13.7. The van der Waals surface area contributed by atoms with Crippen LogP contribution in [0.3, 0.4) is 0 Å². The van der Waals surface area contributed by atoms with Crippen LogP contribution in [0.4, 0.5) is 0 Å². The van der Waals surface area contributed by atoms with E-state index in [0.29, 0.717) is 12.0 Å². The predicted molar refractivity (Wildman–Crippen MR) is 71.9 cm³/mol. The zero-order valence-electron chi connectivity index (χ0n) is 12.0. The Hall–Kier alpha value is -0.570. The van der Waals surface area contributed by atoms with Crippen LogP contribution in [0, 0.1) is 11.3 Å². The van der Waals surface area contributed by atoms with Gasteiger partial charge in [-0.25, -0.2) is 0 Å². The molecule has 2 atom stereocenters. The van der Waals surface area contributed by atoms with Crippen molar-refractivity contribution in [3.63, 3.8) is 0 Å². The minimum atomic E-state index is -0.281. The number of nitrogens with one attached hydrogen (secondary N) is 1. The number of carbonyl (C=O) groups excluding carboxylic acids is 1. The molecular formula is C14H28N2O.